The van der Waals surface area contributed by atoms with E-state index in [2.05, 4.69) is 24.3 Å². The van der Waals surface area contributed by atoms with Crippen LogP contribution in [-0.4, -0.2) is 11.7 Å². The molecule has 0 aliphatic rings. The molecular weight excluding hydrogens is 244 g/mol. The summed E-state index contributed by atoms with van der Waals surface area (Å²) in [6.07, 6.45) is 1.80. The molecule has 2 rings (SSSR count). The van der Waals surface area contributed by atoms with Crippen molar-refractivity contribution in [3.05, 3.63) is 65.2 Å². The maximum absolute atomic E-state index is 8.87. The summed E-state index contributed by atoms with van der Waals surface area (Å²) in [5.41, 5.74) is 4.52. The van der Waals surface area contributed by atoms with Crippen LogP contribution in [0.15, 0.2) is 54.6 Å². The Hall–Kier alpha value is -1.57. The fraction of sp³-hybridized carbons (Fsp3) is 0.125. The molecule has 0 atom stereocenters. The Labute approximate surface area is 112 Å². The molecule has 1 nitrogen and oxygen atoms in total. The Bertz CT molecular complexity index is 538. The highest BCUT2D eigenvalue weighted by atomic mass is 35.5. The Morgan fingerprint density at radius 2 is 1.50 bits per heavy atom. The summed E-state index contributed by atoms with van der Waals surface area (Å²) in [7, 11) is 0. The van der Waals surface area contributed by atoms with Gasteiger partial charge in [-0.25, -0.2) is 0 Å². The van der Waals surface area contributed by atoms with E-state index < -0.39 is 0 Å². The summed E-state index contributed by atoms with van der Waals surface area (Å²) in [5.74, 6) is 0. The molecule has 0 unspecified atom stereocenters. The summed E-state index contributed by atoms with van der Waals surface area (Å²) in [6.45, 7) is 2.07. The van der Waals surface area contributed by atoms with E-state index in [-0.39, 0.29) is 6.61 Å². The predicted molar refractivity (Wildman–Crippen MR) is 77.6 cm³/mol. The molecule has 0 heterocycles. The maximum atomic E-state index is 8.87. The molecule has 0 fully saturated rings. The van der Waals surface area contributed by atoms with E-state index in [0.29, 0.717) is 0 Å². The van der Waals surface area contributed by atoms with Crippen LogP contribution in [0.5, 0.6) is 0 Å². The van der Waals surface area contributed by atoms with Crippen molar-refractivity contribution < 1.29 is 5.11 Å². The molecule has 1 N–H and O–H groups in total. The predicted octanol–water partition coefficient (Wildman–Crippen LogP) is 4.40. The number of aliphatic hydroxyl groups excluding tert-OH is 1. The lowest BCUT2D eigenvalue weighted by Gasteiger charge is -2.05. The molecule has 2 heteroatoms. The largest absolute Gasteiger partial charge is 0.392 e. The van der Waals surface area contributed by atoms with Gasteiger partial charge in [-0.05, 0) is 41.3 Å². The average Bonchev–Trinajstić information content (AvgIpc) is 2.40. The van der Waals surface area contributed by atoms with Gasteiger partial charge in [0.2, 0.25) is 0 Å². The second-order valence-electron chi connectivity index (χ2n) is 4.15. The van der Waals surface area contributed by atoms with Gasteiger partial charge in [0.15, 0.2) is 0 Å². The fourth-order valence-electron chi connectivity index (χ4n) is 1.82. The molecule has 0 amide bonds. The first kappa shape index (κ1) is 12.9. The monoisotopic (exact) mass is 258 g/mol. The van der Waals surface area contributed by atoms with Crippen molar-refractivity contribution >= 4 is 17.2 Å². The Kier molecular flexibility index (Phi) is 4.19. The van der Waals surface area contributed by atoms with Gasteiger partial charge in [0.05, 0.1) is 6.61 Å². The summed E-state index contributed by atoms with van der Waals surface area (Å²) in [6, 6.07) is 16.1. The number of rotatable bonds is 3. The smallest absolute Gasteiger partial charge is 0.0618 e. The molecule has 0 bridgehead atoms. The summed E-state index contributed by atoms with van der Waals surface area (Å²) in [5, 5.41) is 9.61. The Morgan fingerprint density at radius 1 is 1.00 bits per heavy atom. The third-order valence-corrected chi connectivity index (χ3v) is 3.17. The van der Waals surface area contributed by atoms with Crippen LogP contribution >= 0.6 is 11.6 Å². The van der Waals surface area contributed by atoms with Gasteiger partial charge in [-0.2, -0.15) is 0 Å². The van der Waals surface area contributed by atoms with Crippen molar-refractivity contribution in [2.24, 2.45) is 0 Å². The van der Waals surface area contributed by atoms with Gasteiger partial charge < -0.3 is 5.11 Å². The SMILES string of the molecule is C/C(=C/CO)c1ccc(-c2ccc(Cl)cc2)cc1. The van der Waals surface area contributed by atoms with Gasteiger partial charge in [0, 0.05) is 5.02 Å². The number of aliphatic hydroxyl groups is 1. The van der Waals surface area contributed by atoms with E-state index in [0.717, 1.165) is 27.3 Å². The van der Waals surface area contributed by atoms with Crippen molar-refractivity contribution in [1.29, 1.82) is 0 Å². The average molecular weight is 259 g/mol. The zero-order valence-corrected chi connectivity index (χ0v) is 11.0. The van der Waals surface area contributed by atoms with Gasteiger partial charge in [0.1, 0.15) is 0 Å². The van der Waals surface area contributed by atoms with E-state index in [1.165, 1.54) is 0 Å². The molecular formula is C16H15ClO. The standard InChI is InChI=1S/C16H15ClO/c1-12(10-11-18)13-2-4-14(5-3-13)15-6-8-16(17)9-7-15/h2-10,18H,11H2,1H3/b12-10-. The van der Waals surface area contributed by atoms with Crippen molar-refractivity contribution in [2.45, 2.75) is 6.92 Å². The minimum atomic E-state index is 0.0742. The lowest BCUT2D eigenvalue weighted by Crippen LogP contribution is -1.83. The molecule has 92 valence electrons. The zero-order valence-electron chi connectivity index (χ0n) is 10.2. The molecule has 0 saturated carbocycles. The maximum Gasteiger partial charge on any atom is 0.0618 e. The van der Waals surface area contributed by atoms with Gasteiger partial charge in [0.25, 0.3) is 0 Å². The summed E-state index contributed by atoms with van der Waals surface area (Å²) in [4.78, 5) is 0. The Morgan fingerprint density at radius 3 is 2.00 bits per heavy atom. The van der Waals surface area contributed by atoms with Crippen molar-refractivity contribution in [1.82, 2.24) is 0 Å². The van der Waals surface area contributed by atoms with Crippen LogP contribution < -0.4 is 0 Å². The highest BCUT2D eigenvalue weighted by Crippen LogP contribution is 2.23. The third-order valence-electron chi connectivity index (χ3n) is 2.92. The van der Waals surface area contributed by atoms with Crippen molar-refractivity contribution in [3.8, 4) is 11.1 Å². The first-order valence-corrected chi connectivity index (χ1v) is 6.22. The minimum absolute atomic E-state index is 0.0742. The van der Waals surface area contributed by atoms with Gasteiger partial charge in [-0.3, -0.25) is 0 Å². The van der Waals surface area contributed by atoms with E-state index in [9.17, 15) is 0 Å². The molecule has 0 aliphatic carbocycles. The van der Waals surface area contributed by atoms with Gasteiger partial charge in [-0.15, -0.1) is 0 Å². The molecule has 2 aromatic carbocycles. The lowest BCUT2D eigenvalue weighted by atomic mass is 10.0. The van der Waals surface area contributed by atoms with E-state index in [1.54, 1.807) is 6.08 Å². The van der Waals surface area contributed by atoms with Crippen LogP contribution in [0, 0.1) is 0 Å². The fourth-order valence-corrected chi connectivity index (χ4v) is 1.95. The second-order valence-corrected chi connectivity index (χ2v) is 4.59. The van der Waals surface area contributed by atoms with Crippen LogP contribution in [-0.2, 0) is 0 Å². The normalized spacial score (nSPS) is 11.6. The quantitative estimate of drug-likeness (QED) is 0.865. The number of hydrogen-bond acceptors (Lipinski definition) is 1. The van der Waals surface area contributed by atoms with Crippen LogP contribution in [0.1, 0.15) is 12.5 Å². The molecule has 0 aliphatic heterocycles. The topological polar surface area (TPSA) is 20.2 Å². The van der Waals surface area contributed by atoms with Crippen molar-refractivity contribution in [2.75, 3.05) is 6.61 Å². The van der Waals surface area contributed by atoms with E-state index in [4.69, 9.17) is 16.7 Å². The number of allylic oxidation sites excluding steroid dienone is 1. The van der Waals surface area contributed by atoms with Crippen LogP contribution in [0.25, 0.3) is 16.7 Å². The van der Waals surface area contributed by atoms with E-state index in [1.807, 2.05) is 31.2 Å². The Balaban J connectivity index is 2.27. The first-order chi connectivity index (χ1) is 8.70. The first-order valence-electron chi connectivity index (χ1n) is 5.84. The van der Waals surface area contributed by atoms with Crippen LogP contribution in [0.4, 0.5) is 0 Å². The second kappa shape index (κ2) is 5.85. The zero-order chi connectivity index (χ0) is 13.0. The highest BCUT2D eigenvalue weighted by Gasteiger charge is 1.99. The minimum Gasteiger partial charge on any atom is -0.392 e. The number of benzene rings is 2. The highest BCUT2D eigenvalue weighted by molar-refractivity contribution is 6.30. The molecule has 0 saturated heterocycles. The molecule has 18 heavy (non-hydrogen) atoms. The molecule has 0 spiro atoms. The number of halogens is 1. The van der Waals surface area contributed by atoms with Crippen molar-refractivity contribution in [3.63, 3.8) is 0 Å². The van der Waals surface area contributed by atoms with Gasteiger partial charge in [-0.1, -0.05) is 54.1 Å². The summed E-state index contributed by atoms with van der Waals surface area (Å²) < 4.78 is 0. The third kappa shape index (κ3) is 3.00. The van der Waals surface area contributed by atoms with Crippen LogP contribution in [0.2, 0.25) is 5.02 Å². The molecule has 2 aromatic rings. The summed E-state index contributed by atoms with van der Waals surface area (Å²) >= 11 is 5.87. The number of hydrogen-bond donors (Lipinski definition) is 1. The van der Waals surface area contributed by atoms with E-state index >= 15 is 0 Å². The molecule has 0 radical (unpaired) electrons. The van der Waals surface area contributed by atoms with Gasteiger partial charge >= 0.3 is 0 Å². The van der Waals surface area contributed by atoms with Crippen LogP contribution in [0.3, 0.4) is 0 Å². The molecule has 0 aromatic heterocycles. The lowest BCUT2D eigenvalue weighted by molar-refractivity contribution is 0.343.